The number of cyclic esters (lactones) is 2. The van der Waals surface area contributed by atoms with E-state index in [0.29, 0.717) is 22.3 Å². The molecule has 1 N–H and O–H groups in total. The van der Waals surface area contributed by atoms with Crippen LogP contribution in [0.5, 0.6) is 0 Å². The second kappa shape index (κ2) is 5.94. The number of aromatic nitrogens is 1. The lowest BCUT2D eigenvalue weighted by atomic mass is 9.75. The van der Waals surface area contributed by atoms with E-state index >= 15 is 0 Å². The van der Waals surface area contributed by atoms with Crippen LogP contribution in [-0.4, -0.2) is 22.5 Å². The first-order chi connectivity index (χ1) is 12.6. The summed E-state index contributed by atoms with van der Waals surface area (Å²) >= 11 is 7.56. The number of esters is 2. The number of para-hydroxylation sites is 1. The summed E-state index contributed by atoms with van der Waals surface area (Å²) in [5, 5.41) is 6.22. The number of nitrogens with zero attached hydrogens (tertiary/aromatic N) is 1. The van der Waals surface area contributed by atoms with Crippen molar-refractivity contribution in [2.45, 2.75) is 44.8 Å². The second-order valence-corrected chi connectivity index (χ2v) is 9.11. The Morgan fingerprint density at radius 2 is 1.81 bits per heavy atom. The van der Waals surface area contributed by atoms with E-state index in [1.54, 1.807) is 26.8 Å². The molecule has 4 rings (SSSR count). The molecule has 0 aliphatic carbocycles. The molecule has 0 radical (unpaired) electrons. The molecule has 0 bridgehead atoms. The fourth-order valence-electron chi connectivity index (χ4n) is 3.85. The van der Waals surface area contributed by atoms with Gasteiger partial charge in [-0.1, -0.05) is 23.7 Å². The minimum absolute atomic E-state index is 0.219. The zero-order chi connectivity index (χ0) is 19.4. The van der Waals surface area contributed by atoms with Crippen molar-refractivity contribution >= 4 is 45.7 Å². The van der Waals surface area contributed by atoms with Crippen LogP contribution in [0, 0.1) is 5.41 Å². The number of hydrogen-bond acceptors (Lipinski definition) is 7. The standard InChI is InChI=1S/C19H19ClN2O4S/c1-17(2)9-19(14(23)25-17)10-18(3,26-15(19)24)13-8-27-16(22-13)21-12-7-5-4-6-11(12)20/h4-8H,9-10H2,1-3H3,(H,21,22)/t18-,19+/m1/s1. The van der Waals surface area contributed by atoms with Gasteiger partial charge in [-0.25, -0.2) is 4.98 Å². The van der Waals surface area contributed by atoms with Crippen LogP contribution in [0.25, 0.3) is 0 Å². The molecular formula is C19H19ClN2O4S. The predicted molar refractivity (Wildman–Crippen MR) is 102 cm³/mol. The number of benzene rings is 1. The molecule has 1 aromatic carbocycles. The first kappa shape index (κ1) is 18.3. The lowest BCUT2D eigenvalue weighted by molar-refractivity contribution is -0.161. The number of carbonyl (C=O) groups excluding carboxylic acids is 2. The Balaban J connectivity index is 1.60. The number of rotatable bonds is 3. The van der Waals surface area contributed by atoms with E-state index in [0.717, 1.165) is 5.69 Å². The smallest absolute Gasteiger partial charge is 0.324 e. The lowest BCUT2D eigenvalue weighted by Crippen LogP contribution is -2.32. The second-order valence-electron chi connectivity index (χ2n) is 7.85. The Morgan fingerprint density at radius 1 is 1.11 bits per heavy atom. The average Bonchev–Trinajstić information content (AvgIpc) is 3.19. The van der Waals surface area contributed by atoms with Gasteiger partial charge in [-0.3, -0.25) is 9.59 Å². The summed E-state index contributed by atoms with van der Waals surface area (Å²) in [5.74, 6) is -1.04. The van der Waals surface area contributed by atoms with Gasteiger partial charge in [0.25, 0.3) is 0 Å². The Morgan fingerprint density at radius 3 is 2.48 bits per heavy atom. The van der Waals surface area contributed by atoms with Crippen LogP contribution in [0.2, 0.25) is 5.02 Å². The van der Waals surface area contributed by atoms with Gasteiger partial charge in [0.05, 0.1) is 16.4 Å². The average molecular weight is 407 g/mol. The highest BCUT2D eigenvalue weighted by Gasteiger charge is 2.67. The molecular weight excluding hydrogens is 388 g/mol. The third-order valence-electron chi connectivity index (χ3n) is 5.00. The zero-order valence-corrected chi connectivity index (χ0v) is 16.7. The van der Waals surface area contributed by atoms with E-state index in [9.17, 15) is 9.59 Å². The molecule has 2 aliphatic heterocycles. The van der Waals surface area contributed by atoms with E-state index in [1.165, 1.54) is 11.3 Å². The van der Waals surface area contributed by atoms with E-state index < -0.39 is 28.6 Å². The first-order valence-electron chi connectivity index (χ1n) is 8.58. The number of halogens is 1. The summed E-state index contributed by atoms with van der Waals surface area (Å²) in [6.45, 7) is 5.39. The fourth-order valence-corrected chi connectivity index (χ4v) is 4.88. The number of anilines is 2. The van der Waals surface area contributed by atoms with E-state index in [-0.39, 0.29) is 6.42 Å². The van der Waals surface area contributed by atoms with Crippen molar-refractivity contribution in [3.63, 3.8) is 0 Å². The summed E-state index contributed by atoms with van der Waals surface area (Å²) < 4.78 is 11.1. The molecule has 6 nitrogen and oxygen atoms in total. The molecule has 2 aliphatic rings. The van der Waals surface area contributed by atoms with Gasteiger partial charge < -0.3 is 14.8 Å². The van der Waals surface area contributed by atoms with Crippen molar-refractivity contribution in [3.8, 4) is 0 Å². The van der Waals surface area contributed by atoms with Crippen molar-refractivity contribution in [2.75, 3.05) is 5.32 Å². The van der Waals surface area contributed by atoms with Gasteiger partial charge in [-0.2, -0.15) is 0 Å². The Labute approximate surface area is 165 Å². The van der Waals surface area contributed by atoms with Gasteiger partial charge in [0.1, 0.15) is 5.60 Å². The summed E-state index contributed by atoms with van der Waals surface area (Å²) in [5.41, 5.74) is -1.57. The molecule has 0 saturated carbocycles. The molecule has 2 aromatic rings. The summed E-state index contributed by atoms with van der Waals surface area (Å²) in [4.78, 5) is 29.7. The Kier molecular flexibility index (Phi) is 4.01. The third-order valence-corrected chi connectivity index (χ3v) is 6.08. The fraction of sp³-hybridized carbons (Fsp3) is 0.421. The van der Waals surface area contributed by atoms with Gasteiger partial charge in [-0.05, 0) is 32.9 Å². The molecule has 1 spiro atoms. The molecule has 2 fully saturated rings. The Bertz CT molecular complexity index is 943. The summed E-state index contributed by atoms with van der Waals surface area (Å²) in [7, 11) is 0. The number of thiazole rings is 1. The van der Waals surface area contributed by atoms with Crippen LogP contribution in [0.1, 0.15) is 39.3 Å². The largest absolute Gasteiger partial charge is 0.459 e. The minimum atomic E-state index is -1.25. The number of hydrogen-bond donors (Lipinski definition) is 1. The minimum Gasteiger partial charge on any atom is -0.459 e. The van der Waals surface area contributed by atoms with Gasteiger partial charge >= 0.3 is 11.9 Å². The SMILES string of the molecule is CC1(C)C[C@]2(C[C@](C)(c3csc(Nc4ccccc4Cl)n3)OC2=O)C(=O)O1. The van der Waals surface area contributed by atoms with Crippen molar-refractivity contribution in [2.24, 2.45) is 5.41 Å². The van der Waals surface area contributed by atoms with Gasteiger partial charge in [0.2, 0.25) is 0 Å². The monoisotopic (exact) mass is 406 g/mol. The van der Waals surface area contributed by atoms with Gasteiger partial charge in [-0.15, -0.1) is 11.3 Å². The maximum atomic E-state index is 12.6. The molecule has 1 aromatic heterocycles. The first-order valence-corrected chi connectivity index (χ1v) is 9.84. The number of carbonyl (C=O) groups is 2. The molecule has 0 unspecified atom stereocenters. The van der Waals surface area contributed by atoms with Crippen LogP contribution in [0.4, 0.5) is 10.8 Å². The molecule has 142 valence electrons. The highest BCUT2D eigenvalue weighted by molar-refractivity contribution is 7.13. The zero-order valence-electron chi connectivity index (χ0n) is 15.2. The van der Waals surface area contributed by atoms with Crippen LogP contribution in [-0.2, 0) is 24.7 Å². The normalized spacial score (nSPS) is 29.0. The number of nitrogens with one attached hydrogen (secondary N) is 1. The van der Waals surface area contributed by atoms with E-state index in [1.807, 2.05) is 23.6 Å². The van der Waals surface area contributed by atoms with Crippen LogP contribution >= 0.6 is 22.9 Å². The maximum Gasteiger partial charge on any atom is 0.324 e. The quantitative estimate of drug-likeness (QED) is 0.600. The maximum absolute atomic E-state index is 12.6. The van der Waals surface area contributed by atoms with Gasteiger partial charge in [0, 0.05) is 18.2 Å². The van der Waals surface area contributed by atoms with Gasteiger partial charge in [0.15, 0.2) is 16.1 Å². The highest BCUT2D eigenvalue weighted by atomic mass is 35.5. The third kappa shape index (κ3) is 2.99. The molecule has 27 heavy (non-hydrogen) atoms. The van der Waals surface area contributed by atoms with Crippen molar-refractivity contribution < 1.29 is 19.1 Å². The topological polar surface area (TPSA) is 77.5 Å². The van der Waals surface area contributed by atoms with Crippen molar-refractivity contribution in [1.82, 2.24) is 4.98 Å². The number of ether oxygens (including phenoxy) is 2. The van der Waals surface area contributed by atoms with E-state index in [4.69, 9.17) is 21.1 Å². The van der Waals surface area contributed by atoms with Crippen LogP contribution < -0.4 is 5.32 Å². The molecule has 3 heterocycles. The molecule has 2 saturated heterocycles. The lowest BCUT2D eigenvalue weighted by Gasteiger charge is -2.20. The van der Waals surface area contributed by atoms with Crippen LogP contribution in [0.15, 0.2) is 29.6 Å². The predicted octanol–water partition coefficient (Wildman–Crippen LogP) is 4.41. The van der Waals surface area contributed by atoms with Crippen LogP contribution in [0.3, 0.4) is 0 Å². The van der Waals surface area contributed by atoms with Crippen molar-refractivity contribution in [3.05, 3.63) is 40.4 Å². The highest BCUT2D eigenvalue weighted by Crippen LogP contribution is 2.54. The summed E-state index contributed by atoms with van der Waals surface area (Å²) in [6.07, 6.45) is 0.526. The Hall–Kier alpha value is -2.12. The van der Waals surface area contributed by atoms with Crippen molar-refractivity contribution in [1.29, 1.82) is 0 Å². The summed E-state index contributed by atoms with van der Waals surface area (Å²) in [6, 6.07) is 7.36. The molecule has 8 heteroatoms. The molecule has 2 atom stereocenters. The molecule has 0 amide bonds. The van der Waals surface area contributed by atoms with E-state index in [2.05, 4.69) is 10.3 Å².